The van der Waals surface area contributed by atoms with Crippen LogP contribution in [0.4, 0.5) is 19.0 Å². The molecule has 0 aliphatic carbocycles. The summed E-state index contributed by atoms with van der Waals surface area (Å²) in [4.78, 5) is 19.9. The quantitative estimate of drug-likeness (QED) is 0.649. The maximum atomic E-state index is 12.3. The average Bonchev–Trinajstić information content (AvgIpc) is 2.59. The van der Waals surface area contributed by atoms with Crippen molar-refractivity contribution in [3.63, 3.8) is 0 Å². The molecule has 10 heteroatoms. The van der Waals surface area contributed by atoms with E-state index in [-0.39, 0.29) is 10.7 Å². The van der Waals surface area contributed by atoms with E-state index >= 15 is 0 Å². The first kappa shape index (κ1) is 12.9. The topological polar surface area (TPSA) is 98.3 Å². The van der Waals surface area contributed by atoms with Crippen molar-refractivity contribution >= 4 is 11.8 Å². The Balaban J connectivity index is 3.33. The number of carbonyl (C=O) groups is 1. The summed E-state index contributed by atoms with van der Waals surface area (Å²) in [7, 11) is 0. The maximum absolute atomic E-state index is 12.3. The minimum atomic E-state index is -4.87. The third-order valence-corrected chi connectivity index (χ3v) is 1.92. The predicted octanol–water partition coefficient (Wildman–Crippen LogP) is 1.46. The monoisotopic (exact) mass is 253 g/mol. The Hall–Kier alpha value is -2.13. The van der Waals surface area contributed by atoms with Crippen molar-refractivity contribution in [3.8, 4) is 0 Å². The van der Waals surface area contributed by atoms with Gasteiger partial charge in [0.15, 0.2) is 5.69 Å². The minimum Gasteiger partial charge on any atom is -0.478 e. The van der Waals surface area contributed by atoms with Crippen LogP contribution in [0.5, 0.6) is 0 Å². The van der Waals surface area contributed by atoms with Crippen molar-refractivity contribution < 1.29 is 28.0 Å². The van der Waals surface area contributed by atoms with Crippen molar-refractivity contribution in [1.82, 2.24) is 9.78 Å². The third kappa shape index (κ3) is 2.52. The highest BCUT2D eigenvalue weighted by atomic mass is 19.4. The fourth-order valence-electron chi connectivity index (χ4n) is 1.05. The van der Waals surface area contributed by atoms with Gasteiger partial charge in [-0.05, 0) is 11.8 Å². The molecule has 0 radical (unpaired) electrons. The molecule has 1 heterocycles. The summed E-state index contributed by atoms with van der Waals surface area (Å²) in [6.07, 6.45) is -4.87. The van der Waals surface area contributed by atoms with Crippen molar-refractivity contribution in [2.75, 3.05) is 0 Å². The van der Waals surface area contributed by atoms with E-state index in [9.17, 15) is 28.1 Å². The van der Waals surface area contributed by atoms with Crippen LogP contribution in [0.25, 0.3) is 0 Å². The summed E-state index contributed by atoms with van der Waals surface area (Å²) in [5, 5.41) is 22.0. The van der Waals surface area contributed by atoms with E-state index in [1.54, 1.807) is 0 Å². The Labute approximate surface area is 91.6 Å². The number of nitro groups is 1. The Morgan fingerprint density at radius 2 is 2.18 bits per heavy atom. The number of hydrogen-bond acceptors (Lipinski definition) is 4. The molecule has 0 saturated carbocycles. The molecule has 0 saturated heterocycles. The van der Waals surface area contributed by atoms with Gasteiger partial charge in [-0.2, -0.15) is 13.2 Å². The normalized spacial score (nSPS) is 13.4. The van der Waals surface area contributed by atoms with Gasteiger partial charge >= 0.3 is 18.0 Å². The predicted molar refractivity (Wildman–Crippen MR) is 46.2 cm³/mol. The molecule has 1 aromatic heterocycles. The molecular formula is C7H6F3N3O4. The molecule has 0 aliphatic heterocycles. The van der Waals surface area contributed by atoms with E-state index in [0.29, 0.717) is 0 Å². The lowest BCUT2D eigenvalue weighted by Gasteiger charge is -2.03. The Bertz CT molecular complexity index is 467. The molecular weight excluding hydrogens is 247 g/mol. The highest BCUT2D eigenvalue weighted by molar-refractivity contribution is 5.71. The van der Waals surface area contributed by atoms with Crippen LogP contribution >= 0.6 is 0 Å². The average molecular weight is 253 g/mol. The van der Waals surface area contributed by atoms with Crippen molar-refractivity contribution in [3.05, 3.63) is 21.9 Å². The number of aromatic nitrogens is 2. The van der Waals surface area contributed by atoms with Crippen LogP contribution in [-0.2, 0) is 11.0 Å². The van der Waals surface area contributed by atoms with Gasteiger partial charge in [0.1, 0.15) is 0 Å². The number of nitrogens with zero attached hydrogens (tertiary/aromatic N) is 3. The summed E-state index contributed by atoms with van der Waals surface area (Å²) in [6, 6.07) is -1.37. The zero-order chi connectivity index (χ0) is 13.4. The second-order valence-corrected chi connectivity index (χ2v) is 3.10. The number of hydrogen-bond donors (Lipinski definition) is 1. The van der Waals surface area contributed by atoms with Gasteiger partial charge in [-0.3, -0.25) is 0 Å². The zero-order valence-corrected chi connectivity index (χ0v) is 8.30. The molecule has 94 valence electrons. The summed E-state index contributed by atoms with van der Waals surface area (Å²) < 4.78 is 37.0. The SMILES string of the molecule is CC(C(=O)O)n1nc(C(F)(F)F)cc1[N+](=O)[O-]. The zero-order valence-electron chi connectivity index (χ0n) is 8.30. The molecule has 0 spiro atoms. The third-order valence-electron chi connectivity index (χ3n) is 1.92. The number of aliphatic carboxylic acids is 1. The molecule has 1 aromatic rings. The lowest BCUT2D eigenvalue weighted by atomic mass is 10.3. The molecule has 0 aromatic carbocycles. The molecule has 0 amide bonds. The lowest BCUT2D eigenvalue weighted by molar-refractivity contribution is -0.393. The van der Waals surface area contributed by atoms with Crippen LogP contribution in [0.15, 0.2) is 6.07 Å². The fourth-order valence-corrected chi connectivity index (χ4v) is 1.05. The summed E-state index contributed by atoms with van der Waals surface area (Å²) in [6.45, 7) is 0.989. The highest BCUT2D eigenvalue weighted by Crippen LogP contribution is 2.31. The fraction of sp³-hybridized carbons (Fsp3) is 0.429. The van der Waals surface area contributed by atoms with Crippen molar-refractivity contribution in [2.45, 2.75) is 19.1 Å². The molecule has 0 bridgehead atoms. The maximum Gasteiger partial charge on any atom is 0.437 e. The first-order valence-corrected chi connectivity index (χ1v) is 4.18. The number of rotatable bonds is 3. The highest BCUT2D eigenvalue weighted by Gasteiger charge is 2.40. The Morgan fingerprint density at radius 3 is 2.53 bits per heavy atom. The van der Waals surface area contributed by atoms with Crippen LogP contribution in [0.1, 0.15) is 18.7 Å². The van der Waals surface area contributed by atoms with Crippen molar-refractivity contribution in [1.29, 1.82) is 0 Å². The number of carboxylic acid groups (broad SMARTS) is 1. The van der Waals surface area contributed by atoms with E-state index in [4.69, 9.17) is 5.11 Å². The number of carboxylic acids is 1. The van der Waals surface area contributed by atoms with Crippen LogP contribution in [0, 0.1) is 10.1 Å². The smallest absolute Gasteiger partial charge is 0.437 e. The molecule has 1 rings (SSSR count). The van der Waals surface area contributed by atoms with Crippen LogP contribution < -0.4 is 0 Å². The molecule has 7 nitrogen and oxygen atoms in total. The van der Waals surface area contributed by atoms with Crippen molar-refractivity contribution in [2.24, 2.45) is 0 Å². The molecule has 1 atom stereocenters. The number of alkyl halides is 3. The molecule has 1 N–H and O–H groups in total. The Morgan fingerprint density at radius 1 is 1.65 bits per heavy atom. The summed E-state index contributed by atoms with van der Waals surface area (Å²) in [5.74, 6) is -2.54. The van der Waals surface area contributed by atoms with Gasteiger partial charge in [-0.1, -0.05) is 5.10 Å². The lowest BCUT2D eigenvalue weighted by Crippen LogP contribution is -2.19. The van der Waals surface area contributed by atoms with Gasteiger partial charge in [0, 0.05) is 0 Å². The van der Waals surface area contributed by atoms with E-state index in [2.05, 4.69) is 5.10 Å². The van der Waals surface area contributed by atoms with Crippen LogP contribution in [0.2, 0.25) is 0 Å². The van der Waals surface area contributed by atoms with Gasteiger partial charge < -0.3 is 15.2 Å². The van der Waals surface area contributed by atoms with Crippen LogP contribution in [-0.4, -0.2) is 25.8 Å². The second-order valence-electron chi connectivity index (χ2n) is 3.10. The van der Waals surface area contributed by atoms with Gasteiger partial charge in [-0.15, -0.1) is 4.68 Å². The molecule has 0 fully saturated rings. The largest absolute Gasteiger partial charge is 0.478 e. The van der Waals surface area contributed by atoms with Gasteiger partial charge in [0.2, 0.25) is 6.04 Å². The standard InChI is InChI=1S/C7H6F3N3O4/c1-3(6(14)15)12-5(13(16)17)2-4(11-12)7(8,9)10/h2-3H,1H3,(H,14,15). The first-order valence-electron chi connectivity index (χ1n) is 4.18. The van der Waals surface area contributed by atoms with E-state index in [1.165, 1.54) is 0 Å². The van der Waals surface area contributed by atoms with E-state index in [1.807, 2.05) is 0 Å². The van der Waals surface area contributed by atoms with E-state index in [0.717, 1.165) is 6.92 Å². The first-order chi connectivity index (χ1) is 7.64. The Kier molecular flexibility index (Phi) is 3.07. The van der Waals surface area contributed by atoms with Gasteiger partial charge in [-0.25, -0.2) is 4.79 Å². The molecule has 0 aliphatic rings. The van der Waals surface area contributed by atoms with Gasteiger partial charge in [0.25, 0.3) is 0 Å². The molecule has 17 heavy (non-hydrogen) atoms. The van der Waals surface area contributed by atoms with E-state index < -0.39 is 34.6 Å². The van der Waals surface area contributed by atoms with Crippen LogP contribution in [0.3, 0.4) is 0 Å². The summed E-state index contributed by atoms with van der Waals surface area (Å²) in [5.41, 5.74) is -1.50. The van der Waals surface area contributed by atoms with Gasteiger partial charge in [0.05, 0.1) is 6.07 Å². The number of halogens is 3. The summed E-state index contributed by atoms with van der Waals surface area (Å²) >= 11 is 0. The molecule has 1 unspecified atom stereocenters. The second kappa shape index (κ2) is 4.03. The minimum absolute atomic E-state index is 0.194.